The van der Waals surface area contributed by atoms with E-state index in [1.54, 1.807) is 24.3 Å². The number of unbranched alkanes of at least 4 members (excludes halogenated alkanes) is 3. The first-order valence-electron chi connectivity index (χ1n) is 7.46. The lowest BCUT2D eigenvalue weighted by Crippen LogP contribution is -2.30. The molecule has 0 spiro atoms. The fourth-order valence-corrected chi connectivity index (χ4v) is 2.11. The molecule has 1 aromatic rings. The number of carbonyl (C=O) groups is 1. The van der Waals surface area contributed by atoms with Crippen LogP contribution in [0.15, 0.2) is 24.3 Å². The van der Waals surface area contributed by atoms with Gasteiger partial charge in [-0.25, -0.2) is 4.79 Å². The van der Waals surface area contributed by atoms with Crippen LogP contribution in [0.5, 0.6) is 0 Å². The number of benzene rings is 1. The van der Waals surface area contributed by atoms with E-state index in [1.807, 2.05) is 12.1 Å². The number of hydrogen-bond donors (Lipinski definition) is 2. The Balaban J connectivity index is 2.60. The molecule has 0 unspecified atom stereocenters. The lowest BCUT2D eigenvalue weighted by atomic mass is 9.84. The Hall–Kier alpha value is -2.53. The minimum atomic E-state index is -2.02. The normalized spacial score (nSPS) is 10.5. The topological polar surface area (TPSA) is 96.9 Å². The van der Waals surface area contributed by atoms with Crippen LogP contribution in [0.25, 0.3) is 0 Å². The summed E-state index contributed by atoms with van der Waals surface area (Å²) in [6.07, 6.45) is 4.64. The van der Waals surface area contributed by atoms with E-state index in [0.717, 1.165) is 18.7 Å². The summed E-state index contributed by atoms with van der Waals surface area (Å²) < 4.78 is 0. The van der Waals surface area contributed by atoms with Crippen molar-refractivity contribution < 1.29 is 9.90 Å². The Morgan fingerprint density at radius 2 is 1.82 bits per heavy atom. The molecule has 0 saturated carbocycles. The number of rotatable bonds is 9. The lowest BCUT2D eigenvalue weighted by molar-refractivity contribution is -0.142. The van der Waals surface area contributed by atoms with Crippen LogP contribution in [0.4, 0.5) is 5.69 Å². The van der Waals surface area contributed by atoms with Crippen molar-refractivity contribution in [3.8, 4) is 12.1 Å². The molecule has 0 aliphatic heterocycles. The summed E-state index contributed by atoms with van der Waals surface area (Å²) in [5, 5.41) is 30.3. The van der Waals surface area contributed by atoms with Crippen LogP contribution in [-0.4, -0.2) is 17.6 Å². The third-order valence-electron chi connectivity index (χ3n) is 3.53. The zero-order valence-electron chi connectivity index (χ0n) is 12.8. The second-order valence-electron chi connectivity index (χ2n) is 5.30. The van der Waals surface area contributed by atoms with Crippen molar-refractivity contribution in [3.05, 3.63) is 29.8 Å². The number of carboxylic acid groups (broad SMARTS) is 1. The highest BCUT2D eigenvalue weighted by Gasteiger charge is 2.39. The van der Waals surface area contributed by atoms with Gasteiger partial charge in [0.15, 0.2) is 0 Å². The van der Waals surface area contributed by atoms with E-state index in [0.29, 0.717) is 5.56 Å². The summed E-state index contributed by atoms with van der Waals surface area (Å²) in [4.78, 5) is 11.1. The number of carboxylic acids is 1. The first-order chi connectivity index (χ1) is 10.6. The minimum Gasteiger partial charge on any atom is -0.479 e. The second kappa shape index (κ2) is 8.69. The number of anilines is 1. The van der Waals surface area contributed by atoms with Crippen LogP contribution < -0.4 is 5.32 Å². The number of nitriles is 2. The third kappa shape index (κ3) is 4.79. The Bertz CT molecular complexity index is 553. The predicted octanol–water partition coefficient (Wildman–Crippen LogP) is 3.34. The molecule has 2 N–H and O–H groups in total. The summed E-state index contributed by atoms with van der Waals surface area (Å²) in [7, 11) is 0. The van der Waals surface area contributed by atoms with Gasteiger partial charge in [-0.15, -0.1) is 0 Å². The Kier molecular flexibility index (Phi) is 6.92. The second-order valence-corrected chi connectivity index (χ2v) is 5.30. The predicted molar refractivity (Wildman–Crippen MR) is 84.1 cm³/mol. The van der Waals surface area contributed by atoms with E-state index in [1.165, 1.54) is 19.3 Å². The number of hydrogen-bond acceptors (Lipinski definition) is 4. The molecule has 5 nitrogen and oxygen atoms in total. The zero-order valence-corrected chi connectivity index (χ0v) is 12.8. The summed E-state index contributed by atoms with van der Waals surface area (Å²) in [5.74, 6) is -1.41. The molecule has 22 heavy (non-hydrogen) atoms. The van der Waals surface area contributed by atoms with Crippen LogP contribution in [-0.2, 0) is 11.2 Å². The van der Waals surface area contributed by atoms with Gasteiger partial charge in [0.25, 0.3) is 0 Å². The first kappa shape index (κ1) is 17.5. The molecule has 0 aromatic heterocycles. The lowest BCUT2D eigenvalue weighted by Gasteiger charge is -2.13. The fraction of sp³-hybridized carbons (Fsp3) is 0.471. The van der Waals surface area contributed by atoms with E-state index < -0.39 is 11.4 Å². The molecule has 0 bridgehead atoms. The fourth-order valence-electron chi connectivity index (χ4n) is 2.11. The summed E-state index contributed by atoms with van der Waals surface area (Å²) in [5.41, 5.74) is -0.410. The van der Waals surface area contributed by atoms with Gasteiger partial charge in [-0.05, 0) is 24.1 Å². The van der Waals surface area contributed by atoms with E-state index in [2.05, 4.69) is 12.2 Å². The van der Waals surface area contributed by atoms with Crippen molar-refractivity contribution in [2.75, 3.05) is 11.9 Å². The molecule has 0 amide bonds. The van der Waals surface area contributed by atoms with Crippen molar-refractivity contribution in [1.82, 2.24) is 0 Å². The van der Waals surface area contributed by atoms with Gasteiger partial charge < -0.3 is 10.4 Å². The maximum absolute atomic E-state index is 11.1. The smallest absolute Gasteiger partial charge is 0.339 e. The van der Waals surface area contributed by atoms with Crippen LogP contribution in [0.3, 0.4) is 0 Å². The SMILES string of the molecule is CCCCCCNc1ccc(CC(C#N)(C#N)C(=O)O)cc1. The van der Waals surface area contributed by atoms with E-state index in [9.17, 15) is 4.79 Å². The van der Waals surface area contributed by atoms with Crippen LogP contribution in [0.2, 0.25) is 0 Å². The number of aliphatic carboxylic acids is 1. The Labute approximate surface area is 131 Å². The molecule has 0 aliphatic carbocycles. The van der Waals surface area contributed by atoms with E-state index in [-0.39, 0.29) is 6.42 Å². The summed E-state index contributed by atoms with van der Waals surface area (Å²) >= 11 is 0. The maximum Gasteiger partial charge on any atom is 0.339 e. The standard InChI is InChI=1S/C17H21N3O2/c1-2-3-4-5-10-20-15-8-6-14(7-9-15)11-17(12-18,13-19)16(21)22/h6-9,20H,2-5,10-11H2,1H3,(H,21,22). The molecule has 0 aliphatic rings. The Morgan fingerprint density at radius 3 is 2.32 bits per heavy atom. The Morgan fingerprint density at radius 1 is 1.18 bits per heavy atom. The molecular formula is C17H21N3O2. The van der Waals surface area contributed by atoms with E-state index >= 15 is 0 Å². The van der Waals surface area contributed by atoms with Crippen molar-refractivity contribution in [1.29, 1.82) is 10.5 Å². The summed E-state index contributed by atoms with van der Waals surface area (Å²) in [6, 6.07) is 10.4. The van der Waals surface area contributed by atoms with Crippen molar-refractivity contribution in [2.45, 2.75) is 39.0 Å². The van der Waals surface area contributed by atoms with Gasteiger partial charge in [0.05, 0.1) is 12.1 Å². The maximum atomic E-state index is 11.1. The average Bonchev–Trinajstić information content (AvgIpc) is 2.53. The number of nitrogens with one attached hydrogen (secondary N) is 1. The molecule has 1 rings (SSSR count). The number of nitrogens with zero attached hydrogens (tertiary/aromatic N) is 2. The van der Waals surface area contributed by atoms with Crippen molar-refractivity contribution in [2.24, 2.45) is 5.41 Å². The molecule has 0 atom stereocenters. The van der Waals surface area contributed by atoms with Gasteiger partial charge >= 0.3 is 5.97 Å². The van der Waals surface area contributed by atoms with Crippen LogP contribution in [0.1, 0.15) is 38.2 Å². The highest BCUT2D eigenvalue weighted by atomic mass is 16.4. The minimum absolute atomic E-state index is 0.119. The van der Waals surface area contributed by atoms with Crippen LogP contribution in [0, 0.1) is 28.1 Å². The summed E-state index contributed by atoms with van der Waals surface area (Å²) in [6.45, 7) is 3.07. The van der Waals surface area contributed by atoms with Crippen molar-refractivity contribution in [3.63, 3.8) is 0 Å². The van der Waals surface area contributed by atoms with Gasteiger partial charge in [-0.2, -0.15) is 10.5 Å². The monoisotopic (exact) mass is 299 g/mol. The van der Waals surface area contributed by atoms with E-state index in [4.69, 9.17) is 15.6 Å². The molecule has 0 heterocycles. The molecule has 1 aromatic carbocycles. The largest absolute Gasteiger partial charge is 0.479 e. The molecular weight excluding hydrogens is 278 g/mol. The quantitative estimate of drug-likeness (QED) is 0.682. The molecule has 116 valence electrons. The molecule has 5 heteroatoms. The van der Waals surface area contributed by atoms with Crippen LogP contribution >= 0.6 is 0 Å². The zero-order chi connectivity index (χ0) is 16.4. The molecule has 0 fully saturated rings. The third-order valence-corrected chi connectivity index (χ3v) is 3.53. The highest BCUT2D eigenvalue weighted by Crippen LogP contribution is 2.23. The highest BCUT2D eigenvalue weighted by molar-refractivity contribution is 5.82. The van der Waals surface area contributed by atoms with Gasteiger partial charge in [0, 0.05) is 18.7 Å². The molecule has 0 radical (unpaired) electrons. The molecule has 0 saturated heterocycles. The van der Waals surface area contributed by atoms with Gasteiger partial charge in [0.1, 0.15) is 0 Å². The van der Waals surface area contributed by atoms with Gasteiger partial charge in [-0.1, -0.05) is 38.3 Å². The van der Waals surface area contributed by atoms with Gasteiger partial charge in [-0.3, -0.25) is 0 Å². The van der Waals surface area contributed by atoms with Gasteiger partial charge in [0.2, 0.25) is 5.41 Å². The average molecular weight is 299 g/mol. The first-order valence-corrected chi connectivity index (χ1v) is 7.46. The van der Waals surface area contributed by atoms with Crippen molar-refractivity contribution >= 4 is 11.7 Å².